The van der Waals surface area contributed by atoms with Crippen molar-refractivity contribution in [1.82, 2.24) is 5.43 Å². The standard InChI is InChI=1S/C19H21N3O2/c1-15(20-21-19(23)17-5-3-2-4-6-17)16-7-9-18(10-8-16)22-11-13-24-14-12-22/h2-10H,11-14H2,1H3,(H,21,23)/b20-15+. The van der Waals surface area contributed by atoms with Gasteiger partial charge >= 0.3 is 0 Å². The Hall–Kier alpha value is -2.66. The lowest BCUT2D eigenvalue weighted by atomic mass is 10.1. The molecule has 0 bridgehead atoms. The Morgan fingerprint density at radius 2 is 1.67 bits per heavy atom. The van der Waals surface area contributed by atoms with Crippen molar-refractivity contribution in [2.24, 2.45) is 5.10 Å². The molecule has 0 spiro atoms. The van der Waals surface area contributed by atoms with Crippen LogP contribution in [-0.2, 0) is 4.74 Å². The number of carbonyl (C=O) groups is 1. The first-order valence-electron chi connectivity index (χ1n) is 8.07. The molecule has 1 fully saturated rings. The molecule has 1 aliphatic rings. The van der Waals surface area contributed by atoms with Crippen LogP contribution in [-0.4, -0.2) is 37.9 Å². The molecule has 5 nitrogen and oxygen atoms in total. The molecule has 0 aliphatic carbocycles. The Kier molecular flexibility index (Phi) is 5.23. The molecule has 0 unspecified atom stereocenters. The first-order valence-corrected chi connectivity index (χ1v) is 8.07. The third-order valence-corrected chi connectivity index (χ3v) is 4.02. The van der Waals surface area contributed by atoms with Crippen LogP contribution in [0.3, 0.4) is 0 Å². The molecule has 0 aromatic heterocycles. The van der Waals surface area contributed by atoms with Crippen molar-refractivity contribution in [3.8, 4) is 0 Å². The molecule has 3 rings (SSSR count). The molecule has 0 radical (unpaired) electrons. The zero-order valence-corrected chi connectivity index (χ0v) is 13.7. The maximum Gasteiger partial charge on any atom is 0.271 e. The van der Waals surface area contributed by atoms with Crippen LogP contribution < -0.4 is 10.3 Å². The van der Waals surface area contributed by atoms with Gasteiger partial charge in [-0.05, 0) is 36.8 Å². The van der Waals surface area contributed by atoms with E-state index in [1.165, 1.54) is 5.69 Å². The van der Waals surface area contributed by atoms with Gasteiger partial charge in [0.15, 0.2) is 0 Å². The largest absolute Gasteiger partial charge is 0.378 e. The first kappa shape index (κ1) is 16.2. The van der Waals surface area contributed by atoms with E-state index in [4.69, 9.17) is 4.74 Å². The molecule has 1 N–H and O–H groups in total. The van der Waals surface area contributed by atoms with Crippen molar-refractivity contribution in [2.45, 2.75) is 6.92 Å². The SMILES string of the molecule is C/C(=N\NC(=O)c1ccccc1)c1ccc(N2CCOCC2)cc1. The molecule has 2 aromatic rings. The summed E-state index contributed by atoms with van der Waals surface area (Å²) in [6.07, 6.45) is 0. The monoisotopic (exact) mass is 323 g/mol. The minimum absolute atomic E-state index is 0.208. The molecular formula is C19H21N3O2. The molecule has 2 aromatic carbocycles. The van der Waals surface area contributed by atoms with Gasteiger partial charge in [0.05, 0.1) is 18.9 Å². The van der Waals surface area contributed by atoms with E-state index in [2.05, 4.69) is 27.6 Å². The zero-order valence-electron chi connectivity index (χ0n) is 13.7. The topological polar surface area (TPSA) is 53.9 Å². The highest BCUT2D eigenvalue weighted by Gasteiger charge is 2.11. The summed E-state index contributed by atoms with van der Waals surface area (Å²) < 4.78 is 5.37. The molecule has 1 aliphatic heterocycles. The third kappa shape index (κ3) is 4.00. The van der Waals surface area contributed by atoms with Gasteiger partial charge in [0.25, 0.3) is 5.91 Å². The van der Waals surface area contributed by atoms with Crippen LogP contribution >= 0.6 is 0 Å². The fraction of sp³-hybridized carbons (Fsp3) is 0.263. The number of anilines is 1. The van der Waals surface area contributed by atoms with E-state index in [1.54, 1.807) is 12.1 Å². The number of amides is 1. The van der Waals surface area contributed by atoms with Crippen LogP contribution in [0.5, 0.6) is 0 Å². The number of carbonyl (C=O) groups excluding carboxylic acids is 1. The first-order chi connectivity index (χ1) is 11.7. The van der Waals surface area contributed by atoms with Crippen LogP contribution in [0, 0.1) is 0 Å². The smallest absolute Gasteiger partial charge is 0.271 e. The normalized spacial score (nSPS) is 15.2. The molecule has 1 saturated heterocycles. The number of nitrogens with zero attached hydrogens (tertiary/aromatic N) is 2. The number of hydrazone groups is 1. The van der Waals surface area contributed by atoms with E-state index in [9.17, 15) is 4.79 Å². The Morgan fingerprint density at radius 1 is 1.00 bits per heavy atom. The summed E-state index contributed by atoms with van der Waals surface area (Å²) in [6.45, 7) is 5.26. The van der Waals surface area contributed by atoms with Crippen molar-refractivity contribution < 1.29 is 9.53 Å². The minimum Gasteiger partial charge on any atom is -0.378 e. The number of nitrogens with one attached hydrogen (secondary N) is 1. The van der Waals surface area contributed by atoms with Crippen molar-refractivity contribution in [1.29, 1.82) is 0 Å². The molecular weight excluding hydrogens is 302 g/mol. The van der Waals surface area contributed by atoms with Crippen molar-refractivity contribution >= 4 is 17.3 Å². The Morgan fingerprint density at radius 3 is 2.33 bits per heavy atom. The van der Waals surface area contributed by atoms with Gasteiger partial charge in [0.2, 0.25) is 0 Å². The molecule has 5 heteroatoms. The quantitative estimate of drug-likeness (QED) is 0.695. The van der Waals surface area contributed by atoms with Gasteiger partial charge < -0.3 is 9.64 Å². The fourth-order valence-corrected chi connectivity index (χ4v) is 2.59. The van der Waals surface area contributed by atoms with Crippen LogP contribution in [0.15, 0.2) is 59.7 Å². The fourth-order valence-electron chi connectivity index (χ4n) is 2.59. The number of benzene rings is 2. The highest BCUT2D eigenvalue weighted by Crippen LogP contribution is 2.17. The maximum absolute atomic E-state index is 12.0. The number of rotatable bonds is 4. The lowest BCUT2D eigenvalue weighted by molar-refractivity contribution is 0.0955. The van der Waals surface area contributed by atoms with Gasteiger partial charge in [-0.2, -0.15) is 5.10 Å². The number of hydrogen-bond donors (Lipinski definition) is 1. The second-order valence-electron chi connectivity index (χ2n) is 5.65. The van der Waals surface area contributed by atoms with Crippen molar-refractivity contribution in [3.63, 3.8) is 0 Å². The molecule has 0 saturated carbocycles. The highest BCUT2D eigenvalue weighted by molar-refractivity contribution is 6.01. The Labute approximate surface area is 141 Å². The van der Waals surface area contributed by atoms with Gasteiger partial charge in [-0.3, -0.25) is 4.79 Å². The second kappa shape index (κ2) is 7.75. The van der Waals surface area contributed by atoms with Crippen LogP contribution in [0.25, 0.3) is 0 Å². The number of hydrogen-bond acceptors (Lipinski definition) is 4. The molecule has 24 heavy (non-hydrogen) atoms. The minimum atomic E-state index is -0.208. The predicted molar refractivity (Wildman–Crippen MR) is 95.6 cm³/mol. The van der Waals surface area contributed by atoms with E-state index < -0.39 is 0 Å². The molecule has 124 valence electrons. The third-order valence-electron chi connectivity index (χ3n) is 4.02. The molecule has 0 atom stereocenters. The average Bonchev–Trinajstić information content (AvgIpc) is 2.67. The van der Waals surface area contributed by atoms with Crippen LogP contribution in [0.4, 0.5) is 5.69 Å². The summed E-state index contributed by atoms with van der Waals surface area (Å²) in [6, 6.07) is 17.3. The van der Waals surface area contributed by atoms with Crippen molar-refractivity contribution in [2.75, 3.05) is 31.2 Å². The van der Waals surface area contributed by atoms with E-state index in [0.717, 1.165) is 37.6 Å². The summed E-state index contributed by atoms with van der Waals surface area (Å²) in [4.78, 5) is 14.3. The van der Waals surface area contributed by atoms with E-state index in [1.807, 2.05) is 37.3 Å². The van der Waals surface area contributed by atoms with Gasteiger partial charge in [-0.15, -0.1) is 0 Å². The number of morpholine rings is 1. The van der Waals surface area contributed by atoms with Gasteiger partial charge in [-0.25, -0.2) is 5.43 Å². The lowest BCUT2D eigenvalue weighted by Crippen LogP contribution is -2.36. The summed E-state index contributed by atoms with van der Waals surface area (Å²) >= 11 is 0. The van der Waals surface area contributed by atoms with Crippen molar-refractivity contribution in [3.05, 3.63) is 65.7 Å². The van der Waals surface area contributed by atoms with Gasteiger partial charge in [0, 0.05) is 24.3 Å². The maximum atomic E-state index is 12.0. The molecule has 1 amide bonds. The van der Waals surface area contributed by atoms with E-state index in [-0.39, 0.29) is 5.91 Å². The summed E-state index contributed by atoms with van der Waals surface area (Å²) in [5.74, 6) is -0.208. The summed E-state index contributed by atoms with van der Waals surface area (Å²) in [5.41, 5.74) is 6.13. The van der Waals surface area contributed by atoms with Gasteiger partial charge in [-0.1, -0.05) is 30.3 Å². The zero-order chi connectivity index (χ0) is 16.8. The van der Waals surface area contributed by atoms with Crippen LogP contribution in [0.2, 0.25) is 0 Å². The summed E-state index contributed by atoms with van der Waals surface area (Å²) in [5, 5.41) is 4.20. The Balaban J connectivity index is 1.64. The van der Waals surface area contributed by atoms with Gasteiger partial charge in [0.1, 0.15) is 0 Å². The number of ether oxygens (including phenoxy) is 1. The molecule has 1 heterocycles. The highest BCUT2D eigenvalue weighted by atomic mass is 16.5. The Bertz CT molecular complexity index is 705. The summed E-state index contributed by atoms with van der Waals surface area (Å²) in [7, 11) is 0. The lowest BCUT2D eigenvalue weighted by Gasteiger charge is -2.28. The van der Waals surface area contributed by atoms with Crippen LogP contribution in [0.1, 0.15) is 22.8 Å². The average molecular weight is 323 g/mol. The predicted octanol–water partition coefficient (Wildman–Crippen LogP) is 2.68. The second-order valence-corrected chi connectivity index (χ2v) is 5.65. The van der Waals surface area contributed by atoms with E-state index >= 15 is 0 Å². The van der Waals surface area contributed by atoms with E-state index in [0.29, 0.717) is 5.56 Å².